The zero-order valence-electron chi connectivity index (χ0n) is 8.69. The molecule has 1 saturated carbocycles. The third kappa shape index (κ3) is 1.88. The lowest BCUT2D eigenvalue weighted by Gasteiger charge is -2.01. The van der Waals surface area contributed by atoms with Crippen molar-refractivity contribution in [3.8, 4) is 0 Å². The zero-order chi connectivity index (χ0) is 10.1. The molecule has 15 heavy (non-hydrogen) atoms. The maximum atomic E-state index is 4.31. The summed E-state index contributed by atoms with van der Waals surface area (Å²) in [6.07, 6.45) is 6.75. The van der Waals surface area contributed by atoms with Crippen LogP contribution in [0.2, 0.25) is 0 Å². The Morgan fingerprint density at radius 1 is 1.40 bits per heavy atom. The standard InChI is InChI=1S/C12H15N3/c1-2-6-15-12(3-1)11(9-14-15)8-13-7-10-4-5-10/h1-3,6,9-10,13H,4-5,7-8H2. The second-order valence-corrected chi connectivity index (χ2v) is 4.27. The number of pyridine rings is 1. The van der Waals surface area contributed by atoms with E-state index in [1.807, 2.05) is 23.0 Å². The Bertz CT molecular complexity index is 457. The van der Waals surface area contributed by atoms with Crippen LogP contribution >= 0.6 is 0 Å². The molecule has 0 spiro atoms. The van der Waals surface area contributed by atoms with Gasteiger partial charge in [0, 0.05) is 18.3 Å². The van der Waals surface area contributed by atoms with Crippen LogP contribution in [0.5, 0.6) is 0 Å². The van der Waals surface area contributed by atoms with E-state index in [2.05, 4.69) is 22.5 Å². The van der Waals surface area contributed by atoms with E-state index in [1.54, 1.807) is 0 Å². The van der Waals surface area contributed by atoms with Gasteiger partial charge in [0.15, 0.2) is 0 Å². The third-order valence-electron chi connectivity index (χ3n) is 2.95. The summed E-state index contributed by atoms with van der Waals surface area (Å²) in [6.45, 7) is 2.09. The van der Waals surface area contributed by atoms with Crippen molar-refractivity contribution in [2.45, 2.75) is 19.4 Å². The number of hydrogen-bond acceptors (Lipinski definition) is 2. The maximum Gasteiger partial charge on any atom is 0.0706 e. The van der Waals surface area contributed by atoms with Gasteiger partial charge < -0.3 is 5.32 Å². The normalized spacial score (nSPS) is 16.0. The van der Waals surface area contributed by atoms with Gasteiger partial charge in [0.05, 0.1) is 11.7 Å². The fourth-order valence-corrected chi connectivity index (χ4v) is 1.86. The van der Waals surface area contributed by atoms with Gasteiger partial charge in [-0.2, -0.15) is 5.10 Å². The summed E-state index contributed by atoms with van der Waals surface area (Å²) in [7, 11) is 0. The summed E-state index contributed by atoms with van der Waals surface area (Å²) in [6, 6.07) is 6.17. The van der Waals surface area contributed by atoms with Gasteiger partial charge in [-0.05, 0) is 37.4 Å². The largest absolute Gasteiger partial charge is 0.312 e. The van der Waals surface area contributed by atoms with Gasteiger partial charge in [-0.15, -0.1) is 0 Å². The predicted octanol–water partition coefficient (Wildman–Crippen LogP) is 1.83. The van der Waals surface area contributed by atoms with E-state index in [9.17, 15) is 0 Å². The zero-order valence-corrected chi connectivity index (χ0v) is 8.69. The minimum atomic E-state index is 0.935. The molecular formula is C12H15N3. The molecule has 0 amide bonds. The van der Waals surface area contributed by atoms with Gasteiger partial charge in [-0.1, -0.05) is 6.07 Å². The molecule has 0 bridgehead atoms. The van der Waals surface area contributed by atoms with Crippen molar-refractivity contribution in [2.75, 3.05) is 6.54 Å². The van der Waals surface area contributed by atoms with Crippen molar-refractivity contribution in [2.24, 2.45) is 5.92 Å². The number of nitrogens with one attached hydrogen (secondary N) is 1. The number of rotatable bonds is 4. The van der Waals surface area contributed by atoms with E-state index in [0.717, 1.165) is 19.0 Å². The van der Waals surface area contributed by atoms with Crippen LogP contribution in [0.3, 0.4) is 0 Å². The van der Waals surface area contributed by atoms with E-state index >= 15 is 0 Å². The molecule has 0 atom stereocenters. The molecule has 0 saturated heterocycles. The van der Waals surface area contributed by atoms with Crippen LogP contribution < -0.4 is 5.32 Å². The number of aromatic nitrogens is 2. The minimum absolute atomic E-state index is 0.935. The lowest BCUT2D eigenvalue weighted by molar-refractivity contribution is 0.640. The smallest absolute Gasteiger partial charge is 0.0706 e. The van der Waals surface area contributed by atoms with Gasteiger partial charge in [-0.25, -0.2) is 4.52 Å². The number of fused-ring (bicyclic) bond motifs is 1. The molecule has 0 aliphatic heterocycles. The highest BCUT2D eigenvalue weighted by Gasteiger charge is 2.20. The third-order valence-corrected chi connectivity index (χ3v) is 2.95. The van der Waals surface area contributed by atoms with Crippen molar-refractivity contribution in [3.63, 3.8) is 0 Å². The maximum absolute atomic E-state index is 4.31. The van der Waals surface area contributed by atoms with Gasteiger partial charge in [-0.3, -0.25) is 0 Å². The lowest BCUT2D eigenvalue weighted by atomic mass is 10.2. The van der Waals surface area contributed by atoms with Crippen LogP contribution in [-0.4, -0.2) is 16.2 Å². The monoisotopic (exact) mass is 201 g/mol. The Morgan fingerprint density at radius 2 is 2.33 bits per heavy atom. The van der Waals surface area contributed by atoms with Gasteiger partial charge in [0.25, 0.3) is 0 Å². The van der Waals surface area contributed by atoms with E-state index in [0.29, 0.717) is 0 Å². The first-order chi connectivity index (χ1) is 7.43. The molecule has 0 aromatic carbocycles. The molecule has 1 N–H and O–H groups in total. The Morgan fingerprint density at radius 3 is 3.20 bits per heavy atom. The molecule has 1 fully saturated rings. The van der Waals surface area contributed by atoms with Gasteiger partial charge >= 0.3 is 0 Å². The summed E-state index contributed by atoms with van der Waals surface area (Å²) in [4.78, 5) is 0. The fraction of sp³-hybridized carbons (Fsp3) is 0.417. The predicted molar refractivity (Wildman–Crippen MR) is 59.6 cm³/mol. The molecule has 0 radical (unpaired) electrons. The van der Waals surface area contributed by atoms with E-state index in [1.165, 1.54) is 23.9 Å². The molecule has 2 aromatic rings. The van der Waals surface area contributed by atoms with Crippen LogP contribution in [0.1, 0.15) is 18.4 Å². The average molecular weight is 201 g/mol. The summed E-state index contributed by atoms with van der Waals surface area (Å²) in [5.41, 5.74) is 2.50. The minimum Gasteiger partial charge on any atom is -0.312 e. The highest BCUT2D eigenvalue weighted by molar-refractivity contribution is 5.53. The Kier molecular flexibility index (Phi) is 2.18. The van der Waals surface area contributed by atoms with E-state index in [4.69, 9.17) is 0 Å². The van der Waals surface area contributed by atoms with E-state index < -0.39 is 0 Å². The molecule has 3 rings (SSSR count). The van der Waals surface area contributed by atoms with Crippen LogP contribution in [0, 0.1) is 5.92 Å². The second kappa shape index (κ2) is 3.66. The van der Waals surface area contributed by atoms with Crippen molar-refractivity contribution in [3.05, 3.63) is 36.2 Å². The first kappa shape index (κ1) is 8.92. The molecule has 1 aliphatic carbocycles. The summed E-state index contributed by atoms with van der Waals surface area (Å²) in [5.74, 6) is 0.937. The summed E-state index contributed by atoms with van der Waals surface area (Å²) < 4.78 is 1.92. The Labute approximate surface area is 89.1 Å². The Balaban J connectivity index is 1.72. The SMILES string of the molecule is c1ccn2ncc(CNCC3CC3)c2c1. The molecule has 2 heterocycles. The second-order valence-electron chi connectivity index (χ2n) is 4.27. The molecule has 2 aromatic heterocycles. The van der Waals surface area contributed by atoms with Gasteiger partial charge in [0.2, 0.25) is 0 Å². The molecule has 78 valence electrons. The topological polar surface area (TPSA) is 29.3 Å². The molecule has 3 heteroatoms. The van der Waals surface area contributed by atoms with Crippen LogP contribution in [0.15, 0.2) is 30.6 Å². The number of hydrogen-bond donors (Lipinski definition) is 1. The Hall–Kier alpha value is -1.35. The van der Waals surface area contributed by atoms with Crippen molar-refractivity contribution < 1.29 is 0 Å². The van der Waals surface area contributed by atoms with E-state index in [-0.39, 0.29) is 0 Å². The number of nitrogens with zero attached hydrogens (tertiary/aromatic N) is 2. The summed E-state index contributed by atoms with van der Waals surface area (Å²) in [5, 5.41) is 7.80. The van der Waals surface area contributed by atoms with Crippen molar-refractivity contribution >= 4 is 5.52 Å². The molecular weight excluding hydrogens is 186 g/mol. The first-order valence-corrected chi connectivity index (χ1v) is 5.55. The molecule has 1 aliphatic rings. The molecule has 0 unspecified atom stereocenters. The van der Waals surface area contributed by atoms with Crippen LogP contribution in [0.25, 0.3) is 5.52 Å². The molecule has 3 nitrogen and oxygen atoms in total. The quantitative estimate of drug-likeness (QED) is 0.817. The summed E-state index contributed by atoms with van der Waals surface area (Å²) >= 11 is 0. The van der Waals surface area contributed by atoms with Crippen LogP contribution in [0.4, 0.5) is 0 Å². The highest BCUT2D eigenvalue weighted by Crippen LogP contribution is 2.27. The average Bonchev–Trinajstić information content (AvgIpc) is 3.00. The lowest BCUT2D eigenvalue weighted by Crippen LogP contribution is -2.15. The van der Waals surface area contributed by atoms with Crippen molar-refractivity contribution in [1.29, 1.82) is 0 Å². The van der Waals surface area contributed by atoms with Gasteiger partial charge in [0.1, 0.15) is 0 Å². The first-order valence-electron chi connectivity index (χ1n) is 5.55. The highest BCUT2D eigenvalue weighted by atomic mass is 15.2. The van der Waals surface area contributed by atoms with Crippen molar-refractivity contribution in [1.82, 2.24) is 14.9 Å². The van der Waals surface area contributed by atoms with Crippen LogP contribution in [-0.2, 0) is 6.54 Å². The fourth-order valence-electron chi connectivity index (χ4n) is 1.86.